The summed E-state index contributed by atoms with van der Waals surface area (Å²) in [7, 11) is 0. The molecule has 0 spiro atoms. The Morgan fingerprint density at radius 3 is 2.52 bits per heavy atom. The Bertz CT molecular complexity index is 817. The smallest absolute Gasteiger partial charge is 0.231 e. The van der Waals surface area contributed by atoms with Crippen LogP contribution in [0.1, 0.15) is 5.56 Å². The van der Waals surface area contributed by atoms with Gasteiger partial charge in [-0.25, -0.2) is 4.39 Å². The van der Waals surface area contributed by atoms with E-state index < -0.39 is 0 Å². The van der Waals surface area contributed by atoms with E-state index in [0.717, 1.165) is 55.3 Å². The fraction of sp³-hybridized carbons (Fsp3) is 0.350. The number of ether oxygens (including phenoxy) is 2. The average molecular weight is 370 g/mol. The zero-order valence-corrected chi connectivity index (χ0v) is 15.1. The van der Waals surface area contributed by atoms with Crippen LogP contribution in [0, 0.1) is 5.82 Å². The molecule has 2 aromatic carbocycles. The number of rotatable bonds is 4. The van der Waals surface area contributed by atoms with Gasteiger partial charge in [0.25, 0.3) is 0 Å². The minimum absolute atomic E-state index is 0.212. The fourth-order valence-electron chi connectivity index (χ4n) is 3.34. The molecule has 0 aromatic heterocycles. The topological polar surface area (TPSA) is 63.3 Å². The second-order valence-electron chi connectivity index (χ2n) is 6.63. The number of anilines is 1. The first-order valence-corrected chi connectivity index (χ1v) is 9.13. The van der Waals surface area contributed by atoms with Crippen molar-refractivity contribution in [1.82, 2.24) is 4.90 Å². The van der Waals surface area contributed by atoms with Crippen LogP contribution in [0.25, 0.3) is 0 Å². The molecule has 0 saturated carbocycles. The predicted molar refractivity (Wildman–Crippen MR) is 103 cm³/mol. The Morgan fingerprint density at radius 2 is 1.74 bits per heavy atom. The van der Waals surface area contributed by atoms with Crippen molar-refractivity contribution < 1.29 is 13.9 Å². The summed E-state index contributed by atoms with van der Waals surface area (Å²) in [6.45, 7) is 4.19. The molecule has 4 rings (SSSR count). The van der Waals surface area contributed by atoms with Gasteiger partial charge in [-0.2, -0.15) is 0 Å². The lowest BCUT2D eigenvalue weighted by Crippen LogP contribution is -2.51. The normalized spacial score (nSPS) is 16.7. The van der Waals surface area contributed by atoms with Crippen molar-refractivity contribution in [2.45, 2.75) is 6.42 Å². The van der Waals surface area contributed by atoms with Crippen molar-refractivity contribution in [3.8, 4) is 11.5 Å². The van der Waals surface area contributed by atoms with Crippen LogP contribution in [0.3, 0.4) is 0 Å². The number of fused-ring (bicyclic) bond motifs is 1. The van der Waals surface area contributed by atoms with Crippen LogP contribution in [-0.4, -0.2) is 50.4 Å². The van der Waals surface area contributed by atoms with Crippen molar-refractivity contribution >= 4 is 11.6 Å². The van der Waals surface area contributed by atoms with E-state index in [9.17, 15) is 4.39 Å². The van der Waals surface area contributed by atoms with E-state index in [1.54, 1.807) is 0 Å². The Balaban J connectivity index is 1.27. The molecular weight excluding hydrogens is 347 g/mol. The van der Waals surface area contributed by atoms with Gasteiger partial charge in [0, 0.05) is 38.4 Å². The highest BCUT2D eigenvalue weighted by molar-refractivity contribution is 5.78. The van der Waals surface area contributed by atoms with Crippen LogP contribution in [0.15, 0.2) is 47.5 Å². The molecule has 0 aliphatic carbocycles. The van der Waals surface area contributed by atoms with Crippen molar-refractivity contribution in [3.63, 3.8) is 0 Å². The maximum atomic E-state index is 13.1. The molecule has 27 heavy (non-hydrogen) atoms. The first kappa shape index (κ1) is 17.5. The second kappa shape index (κ2) is 7.73. The highest BCUT2D eigenvalue weighted by atomic mass is 19.1. The van der Waals surface area contributed by atoms with Crippen molar-refractivity contribution in [3.05, 3.63) is 53.8 Å². The summed E-state index contributed by atoms with van der Waals surface area (Å²) in [4.78, 5) is 8.86. The van der Waals surface area contributed by atoms with Gasteiger partial charge in [-0.3, -0.25) is 4.99 Å². The zero-order valence-electron chi connectivity index (χ0n) is 15.1. The van der Waals surface area contributed by atoms with E-state index in [0.29, 0.717) is 12.5 Å². The van der Waals surface area contributed by atoms with Crippen LogP contribution in [0.4, 0.5) is 10.1 Å². The Morgan fingerprint density at radius 1 is 1.00 bits per heavy atom. The van der Waals surface area contributed by atoms with Gasteiger partial charge in [-0.15, -0.1) is 0 Å². The average Bonchev–Trinajstić information content (AvgIpc) is 3.16. The van der Waals surface area contributed by atoms with Crippen molar-refractivity contribution in [1.29, 1.82) is 0 Å². The molecule has 0 radical (unpaired) electrons. The molecule has 1 fully saturated rings. The molecule has 2 heterocycles. The number of aliphatic imine (C=N–C) groups is 1. The molecule has 0 amide bonds. The Kier molecular flexibility index (Phi) is 5.00. The third-order valence-electron chi connectivity index (χ3n) is 4.91. The summed E-state index contributed by atoms with van der Waals surface area (Å²) in [6, 6.07) is 12.6. The van der Waals surface area contributed by atoms with Crippen molar-refractivity contribution in [2.75, 3.05) is 44.4 Å². The highest BCUT2D eigenvalue weighted by Crippen LogP contribution is 2.32. The summed E-state index contributed by atoms with van der Waals surface area (Å²) in [5.41, 5.74) is 8.36. The SMILES string of the molecule is NC(=NCCc1ccc2c(c1)OCO2)N1CCN(c2ccc(F)cc2)CC1. The number of nitrogens with zero attached hydrogens (tertiary/aromatic N) is 3. The van der Waals surface area contributed by atoms with Crippen molar-refractivity contribution in [2.24, 2.45) is 10.7 Å². The molecule has 6 nitrogen and oxygen atoms in total. The quantitative estimate of drug-likeness (QED) is 0.661. The predicted octanol–water partition coefficient (Wildman–Crippen LogP) is 2.23. The summed E-state index contributed by atoms with van der Waals surface area (Å²) >= 11 is 0. The lowest BCUT2D eigenvalue weighted by molar-refractivity contribution is 0.174. The van der Waals surface area contributed by atoms with Gasteiger partial charge >= 0.3 is 0 Å². The maximum Gasteiger partial charge on any atom is 0.231 e. The molecule has 2 aliphatic heterocycles. The zero-order chi connectivity index (χ0) is 18.6. The number of guanidine groups is 1. The maximum absolute atomic E-state index is 13.1. The monoisotopic (exact) mass is 370 g/mol. The first-order valence-electron chi connectivity index (χ1n) is 9.13. The van der Waals surface area contributed by atoms with Gasteiger partial charge in [0.05, 0.1) is 0 Å². The van der Waals surface area contributed by atoms with E-state index in [1.807, 2.05) is 30.3 Å². The Labute approximate surface area is 158 Å². The van der Waals surface area contributed by atoms with E-state index in [-0.39, 0.29) is 12.6 Å². The lowest BCUT2D eigenvalue weighted by Gasteiger charge is -2.36. The number of benzene rings is 2. The third-order valence-corrected chi connectivity index (χ3v) is 4.91. The molecule has 142 valence electrons. The van der Waals surface area contributed by atoms with Crippen LogP contribution >= 0.6 is 0 Å². The van der Waals surface area contributed by atoms with Gasteiger partial charge < -0.3 is 25.0 Å². The van der Waals surface area contributed by atoms with Gasteiger partial charge in [0.1, 0.15) is 5.82 Å². The molecule has 0 atom stereocenters. The largest absolute Gasteiger partial charge is 0.454 e. The third kappa shape index (κ3) is 4.07. The van der Waals surface area contributed by atoms with E-state index in [4.69, 9.17) is 15.2 Å². The second-order valence-corrected chi connectivity index (χ2v) is 6.63. The molecule has 2 aromatic rings. The minimum Gasteiger partial charge on any atom is -0.454 e. The molecule has 0 bridgehead atoms. The van der Waals surface area contributed by atoms with E-state index in [2.05, 4.69) is 14.8 Å². The van der Waals surface area contributed by atoms with Crippen LogP contribution < -0.4 is 20.1 Å². The van der Waals surface area contributed by atoms with E-state index >= 15 is 0 Å². The number of hydrogen-bond donors (Lipinski definition) is 1. The Hall–Kier alpha value is -2.96. The highest BCUT2D eigenvalue weighted by Gasteiger charge is 2.18. The van der Waals surface area contributed by atoms with Gasteiger partial charge in [0.15, 0.2) is 17.5 Å². The molecule has 7 heteroatoms. The summed E-state index contributed by atoms with van der Waals surface area (Å²) in [5.74, 6) is 1.95. The lowest BCUT2D eigenvalue weighted by atomic mass is 10.1. The number of nitrogens with two attached hydrogens (primary N) is 1. The molecular formula is C20H23FN4O2. The van der Waals surface area contributed by atoms with Crippen LogP contribution in [-0.2, 0) is 6.42 Å². The fourth-order valence-corrected chi connectivity index (χ4v) is 3.34. The number of hydrogen-bond acceptors (Lipinski definition) is 4. The summed E-state index contributed by atoms with van der Waals surface area (Å²) in [6.07, 6.45) is 0.798. The first-order chi connectivity index (χ1) is 13.2. The molecule has 0 unspecified atom stereocenters. The van der Waals surface area contributed by atoms with Gasteiger partial charge in [-0.1, -0.05) is 6.07 Å². The summed E-state index contributed by atoms with van der Waals surface area (Å²) < 4.78 is 23.8. The number of halogens is 1. The van der Waals surface area contributed by atoms with Crippen LogP contribution in [0.5, 0.6) is 11.5 Å². The molecule has 1 saturated heterocycles. The van der Waals surface area contributed by atoms with E-state index in [1.165, 1.54) is 12.1 Å². The minimum atomic E-state index is -0.212. The van der Waals surface area contributed by atoms with Gasteiger partial charge in [0.2, 0.25) is 6.79 Å². The number of piperazine rings is 1. The molecule has 2 N–H and O–H groups in total. The van der Waals surface area contributed by atoms with Crippen LogP contribution in [0.2, 0.25) is 0 Å². The molecule has 2 aliphatic rings. The van der Waals surface area contributed by atoms with Gasteiger partial charge in [-0.05, 0) is 48.4 Å². The summed E-state index contributed by atoms with van der Waals surface area (Å²) in [5, 5.41) is 0. The standard InChI is InChI=1S/C20H23FN4O2/c21-16-2-4-17(5-3-16)24-9-11-25(12-10-24)20(22)23-8-7-15-1-6-18-19(13-15)27-14-26-18/h1-6,13H,7-12,14H2,(H2,22,23).